The largest absolute Gasteiger partial charge is 0.497 e. The summed E-state index contributed by atoms with van der Waals surface area (Å²) in [7, 11) is 3.16. The lowest BCUT2D eigenvalue weighted by Crippen LogP contribution is -2.50. The predicted octanol–water partition coefficient (Wildman–Crippen LogP) is 3.71. The van der Waals surface area contributed by atoms with Crippen molar-refractivity contribution >= 4 is 29.0 Å². The van der Waals surface area contributed by atoms with Crippen molar-refractivity contribution < 1.29 is 14.3 Å². The van der Waals surface area contributed by atoms with Gasteiger partial charge in [-0.1, -0.05) is 17.7 Å². The van der Waals surface area contributed by atoms with Gasteiger partial charge >= 0.3 is 6.03 Å². The van der Waals surface area contributed by atoms with Crippen LogP contribution in [0.4, 0.5) is 16.2 Å². The van der Waals surface area contributed by atoms with E-state index in [1.54, 1.807) is 37.3 Å². The Balaban J connectivity index is 1.62. The Morgan fingerprint density at radius 3 is 2.46 bits per heavy atom. The van der Waals surface area contributed by atoms with Crippen LogP contribution in [0.15, 0.2) is 42.5 Å². The lowest BCUT2D eigenvalue weighted by molar-refractivity contribution is 0.208. The van der Waals surface area contributed by atoms with Crippen LogP contribution in [-0.2, 0) is 0 Å². The van der Waals surface area contributed by atoms with Crippen LogP contribution >= 0.6 is 11.6 Å². The number of nitrogens with one attached hydrogen (secondary N) is 1. The molecular weight excluding hydrogens is 354 g/mol. The first-order chi connectivity index (χ1) is 12.6. The van der Waals surface area contributed by atoms with Gasteiger partial charge in [0.2, 0.25) is 0 Å². The number of carbonyl (C=O) groups excluding carboxylic acids is 1. The zero-order valence-electron chi connectivity index (χ0n) is 14.9. The molecule has 1 N–H and O–H groups in total. The SMILES string of the molecule is COc1ccc(OC)c(NC(=O)N2CCN(c3cccc(Cl)c3)CC2)c1. The highest BCUT2D eigenvalue weighted by Crippen LogP contribution is 2.29. The molecule has 0 aromatic heterocycles. The summed E-state index contributed by atoms with van der Waals surface area (Å²) in [5, 5.41) is 3.63. The molecule has 0 saturated carbocycles. The molecular formula is C19H22ClN3O3. The molecule has 0 aliphatic carbocycles. The molecule has 1 aliphatic rings. The number of hydrogen-bond acceptors (Lipinski definition) is 4. The number of carbonyl (C=O) groups is 1. The number of nitrogens with zero attached hydrogens (tertiary/aromatic N) is 2. The zero-order chi connectivity index (χ0) is 18.5. The van der Waals surface area contributed by atoms with Gasteiger partial charge in [0.1, 0.15) is 11.5 Å². The summed E-state index contributed by atoms with van der Waals surface area (Å²) in [6.45, 7) is 2.77. The summed E-state index contributed by atoms with van der Waals surface area (Å²) in [4.78, 5) is 16.6. The molecule has 2 amide bonds. The van der Waals surface area contributed by atoms with Gasteiger partial charge in [0.15, 0.2) is 0 Å². The molecule has 6 nitrogen and oxygen atoms in total. The predicted molar refractivity (Wildman–Crippen MR) is 104 cm³/mol. The Kier molecular flexibility index (Phi) is 5.73. The van der Waals surface area contributed by atoms with Crippen LogP contribution < -0.4 is 19.7 Å². The van der Waals surface area contributed by atoms with E-state index in [0.717, 1.165) is 18.8 Å². The van der Waals surface area contributed by atoms with Crippen molar-refractivity contribution in [3.63, 3.8) is 0 Å². The highest BCUT2D eigenvalue weighted by molar-refractivity contribution is 6.30. The number of piperazine rings is 1. The minimum Gasteiger partial charge on any atom is -0.497 e. The van der Waals surface area contributed by atoms with Crippen LogP contribution in [0.1, 0.15) is 0 Å². The van der Waals surface area contributed by atoms with Gasteiger partial charge in [0.25, 0.3) is 0 Å². The molecule has 0 atom stereocenters. The first-order valence-electron chi connectivity index (χ1n) is 8.39. The van der Waals surface area contributed by atoms with Gasteiger partial charge in [-0.05, 0) is 30.3 Å². The lowest BCUT2D eigenvalue weighted by atomic mass is 10.2. The molecule has 26 heavy (non-hydrogen) atoms. The Morgan fingerprint density at radius 1 is 1.04 bits per heavy atom. The molecule has 0 radical (unpaired) electrons. The zero-order valence-corrected chi connectivity index (χ0v) is 15.6. The first-order valence-corrected chi connectivity index (χ1v) is 8.77. The van der Waals surface area contributed by atoms with Crippen LogP contribution in [0.2, 0.25) is 5.02 Å². The smallest absolute Gasteiger partial charge is 0.322 e. The third kappa shape index (κ3) is 4.14. The maximum Gasteiger partial charge on any atom is 0.322 e. The van der Waals surface area contributed by atoms with Crippen molar-refractivity contribution in [3.05, 3.63) is 47.5 Å². The third-order valence-corrected chi connectivity index (χ3v) is 4.62. The third-order valence-electron chi connectivity index (χ3n) is 4.39. The minimum absolute atomic E-state index is 0.151. The van der Waals surface area contributed by atoms with E-state index in [1.807, 2.05) is 24.3 Å². The normalized spacial score (nSPS) is 14.1. The molecule has 1 saturated heterocycles. The Morgan fingerprint density at radius 2 is 1.81 bits per heavy atom. The molecule has 1 fully saturated rings. The summed E-state index contributed by atoms with van der Waals surface area (Å²) < 4.78 is 10.5. The molecule has 2 aromatic rings. The summed E-state index contributed by atoms with van der Waals surface area (Å²) in [5.74, 6) is 1.25. The van der Waals surface area contributed by atoms with E-state index in [2.05, 4.69) is 10.2 Å². The van der Waals surface area contributed by atoms with Crippen molar-refractivity contribution in [2.45, 2.75) is 0 Å². The number of hydrogen-bond donors (Lipinski definition) is 1. The number of urea groups is 1. The van der Waals surface area contributed by atoms with E-state index < -0.39 is 0 Å². The Bertz CT molecular complexity index is 776. The van der Waals surface area contributed by atoms with Crippen molar-refractivity contribution in [2.75, 3.05) is 50.6 Å². The maximum absolute atomic E-state index is 12.6. The monoisotopic (exact) mass is 375 g/mol. The number of amides is 2. The minimum atomic E-state index is -0.151. The van der Waals surface area contributed by atoms with E-state index in [4.69, 9.17) is 21.1 Å². The number of rotatable bonds is 4. The van der Waals surface area contributed by atoms with Gasteiger partial charge in [0, 0.05) is 43.0 Å². The van der Waals surface area contributed by atoms with Gasteiger partial charge in [-0.15, -0.1) is 0 Å². The summed E-state index contributed by atoms with van der Waals surface area (Å²) >= 11 is 6.06. The van der Waals surface area contributed by atoms with Crippen LogP contribution in [0, 0.1) is 0 Å². The summed E-state index contributed by atoms with van der Waals surface area (Å²) in [6.07, 6.45) is 0. The Labute approximate surface area is 158 Å². The number of ether oxygens (including phenoxy) is 2. The number of anilines is 2. The molecule has 2 aromatic carbocycles. The standard InChI is InChI=1S/C19H22ClN3O3/c1-25-16-6-7-18(26-2)17(13-16)21-19(24)23-10-8-22(9-11-23)15-5-3-4-14(20)12-15/h3-7,12-13H,8-11H2,1-2H3,(H,21,24). The Hall–Kier alpha value is -2.60. The molecule has 3 rings (SSSR count). The van der Waals surface area contributed by atoms with Gasteiger partial charge in [0.05, 0.1) is 19.9 Å². The van der Waals surface area contributed by atoms with Gasteiger partial charge < -0.3 is 24.6 Å². The van der Waals surface area contributed by atoms with Crippen molar-refractivity contribution in [1.29, 1.82) is 0 Å². The molecule has 138 valence electrons. The van der Waals surface area contributed by atoms with E-state index >= 15 is 0 Å². The number of halogens is 1. The van der Waals surface area contributed by atoms with Gasteiger partial charge in [-0.3, -0.25) is 0 Å². The fraction of sp³-hybridized carbons (Fsp3) is 0.316. The molecule has 0 bridgehead atoms. The van der Waals surface area contributed by atoms with Gasteiger partial charge in [-0.2, -0.15) is 0 Å². The fourth-order valence-corrected chi connectivity index (χ4v) is 3.13. The number of methoxy groups -OCH3 is 2. The maximum atomic E-state index is 12.6. The van der Waals surface area contributed by atoms with E-state index in [0.29, 0.717) is 35.3 Å². The lowest BCUT2D eigenvalue weighted by Gasteiger charge is -2.36. The molecule has 0 spiro atoms. The van der Waals surface area contributed by atoms with E-state index in [9.17, 15) is 4.79 Å². The molecule has 7 heteroatoms. The quantitative estimate of drug-likeness (QED) is 0.885. The van der Waals surface area contributed by atoms with Crippen molar-refractivity contribution in [2.24, 2.45) is 0 Å². The second-order valence-electron chi connectivity index (χ2n) is 5.95. The fourth-order valence-electron chi connectivity index (χ4n) is 2.95. The number of benzene rings is 2. The highest BCUT2D eigenvalue weighted by Gasteiger charge is 2.22. The second kappa shape index (κ2) is 8.19. The molecule has 1 heterocycles. The van der Waals surface area contributed by atoms with Crippen LogP contribution in [0.5, 0.6) is 11.5 Å². The van der Waals surface area contributed by atoms with E-state index in [-0.39, 0.29) is 6.03 Å². The van der Waals surface area contributed by atoms with Crippen molar-refractivity contribution in [1.82, 2.24) is 4.90 Å². The highest BCUT2D eigenvalue weighted by atomic mass is 35.5. The first kappa shape index (κ1) is 18.2. The summed E-state index contributed by atoms with van der Waals surface area (Å²) in [6, 6.07) is 12.9. The van der Waals surface area contributed by atoms with Crippen LogP contribution in [0.25, 0.3) is 0 Å². The second-order valence-corrected chi connectivity index (χ2v) is 6.39. The van der Waals surface area contributed by atoms with Crippen LogP contribution in [0.3, 0.4) is 0 Å². The van der Waals surface area contributed by atoms with Crippen molar-refractivity contribution in [3.8, 4) is 11.5 Å². The van der Waals surface area contributed by atoms with E-state index in [1.165, 1.54) is 0 Å². The molecule has 1 aliphatic heterocycles. The average Bonchev–Trinajstić information content (AvgIpc) is 2.68. The molecule has 0 unspecified atom stereocenters. The average molecular weight is 376 g/mol. The summed E-state index contributed by atoms with van der Waals surface area (Å²) in [5.41, 5.74) is 1.67. The van der Waals surface area contributed by atoms with Crippen LogP contribution in [-0.4, -0.2) is 51.3 Å². The van der Waals surface area contributed by atoms with Gasteiger partial charge in [-0.25, -0.2) is 4.79 Å². The topological polar surface area (TPSA) is 54.0 Å².